The van der Waals surface area contributed by atoms with E-state index in [4.69, 9.17) is 0 Å². The summed E-state index contributed by atoms with van der Waals surface area (Å²) >= 11 is 0. The summed E-state index contributed by atoms with van der Waals surface area (Å²) < 4.78 is 39.8. The van der Waals surface area contributed by atoms with Gasteiger partial charge in [0.25, 0.3) is 5.91 Å². The predicted octanol–water partition coefficient (Wildman–Crippen LogP) is 2.70. The molecule has 0 radical (unpaired) electrons. The maximum Gasteiger partial charge on any atom is 0.264 e. The number of carbonyl (C=O) groups excluding carboxylic acids is 1. The van der Waals surface area contributed by atoms with Crippen LogP contribution in [0.1, 0.15) is 24.2 Å². The molecule has 0 fully saturated rings. The molecule has 28 heavy (non-hydrogen) atoms. The van der Waals surface area contributed by atoms with Gasteiger partial charge in [-0.05, 0) is 56.3 Å². The standard InChI is InChI=1S/C19H21FN4O3S/c1-12(2)23(3)19-21-16-11-13(18(25)22-28(4,26)27)5-10-17(16)24(19)15-8-6-14(20)7-9-15/h5-12H,1-4H3,(H,22,25). The molecule has 1 heterocycles. The van der Waals surface area contributed by atoms with Crippen LogP contribution in [0.2, 0.25) is 0 Å². The molecule has 0 saturated heterocycles. The van der Waals surface area contributed by atoms with Gasteiger partial charge in [-0.25, -0.2) is 22.5 Å². The van der Waals surface area contributed by atoms with Crippen LogP contribution in [0.15, 0.2) is 42.5 Å². The largest absolute Gasteiger partial charge is 0.343 e. The minimum atomic E-state index is -3.67. The van der Waals surface area contributed by atoms with Gasteiger partial charge < -0.3 is 4.90 Å². The first-order valence-electron chi connectivity index (χ1n) is 8.60. The van der Waals surface area contributed by atoms with E-state index in [2.05, 4.69) is 4.98 Å². The van der Waals surface area contributed by atoms with E-state index in [0.29, 0.717) is 17.0 Å². The van der Waals surface area contributed by atoms with Crippen molar-refractivity contribution in [3.05, 3.63) is 53.8 Å². The number of anilines is 1. The van der Waals surface area contributed by atoms with Crippen molar-refractivity contribution in [2.24, 2.45) is 0 Å². The number of nitrogens with zero attached hydrogens (tertiary/aromatic N) is 3. The van der Waals surface area contributed by atoms with E-state index in [1.54, 1.807) is 18.2 Å². The number of nitrogens with one attached hydrogen (secondary N) is 1. The summed E-state index contributed by atoms with van der Waals surface area (Å²) in [4.78, 5) is 18.8. The molecule has 0 bridgehead atoms. The summed E-state index contributed by atoms with van der Waals surface area (Å²) in [6, 6.07) is 10.9. The van der Waals surface area contributed by atoms with Gasteiger partial charge in [0.2, 0.25) is 16.0 Å². The fraction of sp³-hybridized carbons (Fsp3) is 0.263. The van der Waals surface area contributed by atoms with Crippen LogP contribution in [0.5, 0.6) is 0 Å². The average molecular weight is 404 g/mol. The smallest absolute Gasteiger partial charge is 0.264 e. The van der Waals surface area contributed by atoms with Crippen molar-refractivity contribution in [3.63, 3.8) is 0 Å². The number of hydrogen-bond acceptors (Lipinski definition) is 5. The molecule has 7 nitrogen and oxygen atoms in total. The lowest BCUT2D eigenvalue weighted by Crippen LogP contribution is -2.29. The molecule has 148 valence electrons. The second-order valence-corrected chi connectivity index (χ2v) is 8.58. The summed E-state index contributed by atoms with van der Waals surface area (Å²) in [7, 11) is -1.78. The minimum absolute atomic E-state index is 0.143. The van der Waals surface area contributed by atoms with Crippen LogP contribution in [0.3, 0.4) is 0 Å². The van der Waals surface area contributed by atoms with E-state index in [1.807, 2.05) is 35.1 Å². The summed E-state index contributed by atoms with van der Waals surface area (Å²) in [6.45, 7) is 4.03. The Bertz CT molecular complexity index is 1140. The molecule has 1 N–H and O–H groups in total. The SMILES string of the molecule is CC(C)N(C)c1nc2cc(C(=O)NS(C)(=O)=O)ccc2n1-c1ccc(F)cc1. The van der Waals surface area contributed by atoms with E-state index in [-0.39, 0.29) is 17.4 Å². The second-order valence-electron chi connectivity index (χ2n) is 6.84. The van der Waals surface area contributed by atoms with Gasteiger partial charge in [0.05, 0.1) is 17.3 Å². The third-order valence-electron chi connectivity index (χ3n) is 4.35. The Kier molecular flexibility index (Phi) is 5.12. The maximum atomic E-state index is 13.4. The van der Waals surface area contributed by atoms with Gasteiger partial charge in [-0.15, -0.1) is 0 Å². The molecule has 1 aromatic heterocycles. The summed E-state index contributed by atoms with van der Waals surface area (Å²) in [5.74, 6) is -0.441. The molecule has 0 unspecified atom stereocenters. The molecule has 0 aliphatic heterocycles. The third-order valence-corrected chi connectivity index (χ3v) is 4.91. The summed E-state index contributed by atoms with van der Waals surface area (Å²) in [5, 5.41) is 0. The Labute approximate surface area is 162 Å². The molecule has 0 aliphatic rings. The monoisotopic (exact) mass is 404 g/mol. The molecule has 0 saturated carbocycles. The third kappa shape index (κ3) is 3.99. The van der Waals surface area contributed by atoms with Crippen LogP contribution in [0, 0.1) is 5.82 Å². The van der Waals surface area contributed by atoms with Crippen molar-refractivity contribution in [1.82, 2.24) is 14.3 Å². The molecule has 1 amide bonds. The van der Waals surface area contributed by atoms with Crippen LogP contribution in [0.25, 0.3) is 16.7 Å². The topological polar surface area (TPSA) is 84.3 Å². The van der Waals surface area contributed by atoms with E-state index in [1.165, 1.54) is 24.3 Å². The molecule has 0 atom stereocenters. The Morgan fingerprint density at radius 1 is 1.18 bits per heavy atom. The fourth-order valence-corrected chi connectivity index (χ4v) is 3.20. The lowest BCUT2D eigenvalue weighted by atomic mass is 10.2. The van der Waals surface area contributed by atoms with Gasteiger partial charge in [-0.2, -0.15) is 0 Å². The molecule has 0 spiro atoms. The Morgan fingerprint density at radius 2 is 1.82 bits per heavy atom. The number of halogens is 1. The number of aromatic nitrogens is 2. The van der Waals surface area contributed by atoms with Gasteiger partial charge >= 0.3 is 0 Å². The first-order chi connectivity index (χ1) is 13.1. The highest BCUT2D eigenvalue weighted by Crippen LogP contribution is 2.28. The highest BCUT2D eigenvalue weighted by molar-refractivity contribution is 7.89. The van der Waals surface area contributed by atoms with Crippen molar-refractivity contribution in [2.75, 3.05) is 18.2 Å². The molecular formula is C19H21FN4O3S. The highest BCUT2D eigenvalue weighted by Gasteiger charge is 2.20. The Morgan fingerprint density at radius 3 is 2.39 bits per heavy atom. The summed E-state index contributed by atoms with van der Waals surface area (Å²) in [5.41, 5.74) is 2.14. The number of fused-ring (bicyclic) bond motifs is 1. The Balaban J connectivity index is 2.18. The van der Waals surface area contributed by atoms with Crippen LogP contribution in [0.4, 0.5) is 10.3 Å². The predicted molar refractivity (Wildman–Crippen MR) is 107 cm³/mol. The first kappa shape index (κ1) is 19.8. The fourth-order valence-electron chi connectivity index (χ4n) is 2.75. The lowest BCUT2D eigenvalue weighted by Gasteiger charge is -2.23. The second kappa shape index (κ2) is 7.23. The van der Waals surface area contributed by atoms with Crippen LogP contribution in [-0.4, -0.2) is 43.2 Å². The van der Waals surface area contributed by atoms with Crippen molar-refractivity contribution in [1.29, 1.82) is 0 Å². The zero-order valence-electron chi connectivity index (χ0n) is 16.0. The zero-order valence-corrected chi connectivity index (χ0v) is 16.8. The number of benzene rings is 2. The van der Waals surface area contributed by atoms with Crippen molar-refractivity contribution in [2.45, 2.75) is 19.9 Å². The normalized spacial score (nSPS) is 11.8. The van der Waals surface area contributed by atoms with E-state index >= 15 is 0 Å². The quantitative estimate of drug-likeness (QED) is 0.707. The molecule has 0 aliphatic carbocycles. The first-order valence-corrected chi connectivity index (χ1v) is 10.5. The number of amides is 1. The number of imidazole rings is 1. The zero-order chi connectivity index (χ0) is 20.6. The van der Waals surface area contributed by atoms with Gasteiger partial charge in [0.1, 0.15) is 5.82 Å². The number of hydrogen-bond donors (Lipinski definition) is 1. The van der Waals surface area contributed by atoms with Crippen molar-refractivity contribution >= 4 is 32.9 Å². The van der Waals surface area contributed by atoms with E-state index < -0.39 is 15.9 Å². The van der Waals surface area contributed by atoms with Crippen molar-refractivity contribution < 1.29 is 17.6 Å². The van der Waals surface area contributed by atoms with Gasteiger partial charge in [-0.1, -0.05) is 0 Å². The molecule has 9 heteroatoms. The van der Waals surface area contributed by atoms with Crippen LogP contribution < -0.4 is 9.62 Å². The van der Waals surface area contributed by atoms with E-state index in [9.17, 15) is 17.6 Å². The lowest BCUT2D eigenvalue weighted by molar-refractivity contribution is 0.0982. The highest BCUT2D eigenvalue weighted by atomic mass is 32.2. The number of rotatable bonds is 5. The molecular weight excluding hydrogens is 383 g/mol. The average Bonchev–Trinajstić information content (AvgIpc) is 2.98. The molecule has 2 aromatic carbocycles. The van der Waals surface area contributed by atoms with Crippen molar-refractivity contribution in [3.8, 4) is 5.69 Å². The number of carbonyl (C=O) groups is 1. The minimum Gasteiger partial charge on any atom is -0.343 e. The number of sulfonamides is 1. The molecule has 3 aromatic rings. The Hall–Kier alpha value is -2.94. The maximum absolute atomic E-state index is 13.4. The van der Waals surface area contributed by atoms with E-state index in [0.717, 1.165) is 11.9 Å². The van der Waals surface area contributed by atoms with Crippen LogP contribution in [-0.2, 0) is 10.0 Å². The van der Waals surface area contributed by atoms with Crippen LogP contribution >= 0.6 is 0 Å². The summed E-state index contributed by atoms with van der Waals surface area (Å²) in [6.07, 6.45) is 0.919. The van der Waals surface area contributed by atoms with Gasteiger partial charge in [-0.3, -0.25) is 9.36 Å². The van der Waals surface area contributed by atoms with Gasteiger partial charge in [0.15, 0.2) is 0 Å². The van der Waals surface area contributed by atoms with Gasteiger partial charge in [0, 0.05) is 24.3 Å². The molecule has 3 rings (SSSR count).